The van der Waals surface area contributed by atoms with E-state index < -0.39 is 0 Å². The minimum Gasteiger partial charge on any atom is -0.395 e. The number of aliphatic hydroxyl groups excluding tert-OH is 1. The number of hydrogen-bond donors (Lipinski definition) is 4. The maximum Gasteiger partial charge on any atom is 0.251 e. The number of benzene rings is 1. The number of aromatic nitrogens is 3. The Kier molecular flexibility index (Phi) is 16.0. The number of fused-ring (bicyclic) bond motifs is 1. The van der Waals surface area contributed by atoms with Gasteiger partial charge in [0.1, 0.15) is 0 Å². The SMILES string of the molecule is CCCC(CCC)Nc1c(CNC(=O)c2ccc(NC(=O)CCCCCCCN(C)CCO)cc2)c(CC)nc2c1cnn2CC. The standard InChI is InChI=1S/C36H57N7O3/c1-6-15-28(16-7-2)40-34-30(32(8-3)41-35-31(34)26-38-43(35)9-4)25-37-36(46)27-18-20-29(21-19-27)39-33(45)17-13-11-10-12-14-22-42(5)23-24-44/h18-21,26,28,44H,6-17,22-25H2,1-5H3,(H,37,46)(H,39,45)(H,40,41). The molecule has 0 aliphatic carbocycles. The molecular weight excluding hydrogens is 578 g/mol. The highest BCUT2D eigenvalue weighted by atomic mass is 16.3. The number of pyridine rings is 1. The molecule has 0 saturated carbocycles. The number of nitrogens with one attached hydrogen (secondary N) is 3. The van der Waals surface area contributed by atoms with Gasteiger partial charge in [-0.15, -0.1) is 0 Å². The second-order valence-electron chi connectivity index (χ2n) is 12.2. The van der Waals surface area contributed by atoms with Crippen LogP contribution in [0, 0.1) is 0 Å². The van der Waals surface area contributed by atoms with Crippen LogP contribution in [-0.4, -0.2) is 69.4 Å². The molecule has 3 rings (SSSR count). The van der Waals surface area contributed by atoms with Crippen LogP contribution >= 0.6 is 0 Å². The number of carbonyl (C=O) groups excluding carboxylic acids is 2. The Labute approximate surface area is 275 Å². The molecule has 0 aliphatic heterocycles. The average molecular weight is 636 g/mol. The Morgan fingerprint density at radius 1 is 0.957 bits per heavy atom. The van der Waals surface area contributed by atoms with Crippen LogP contribution in [-0.2, 0) is 24.3 Å². The maximum absolute atomic E-state index is 13.3. The van der Waals surface area contributed by atoms with Gasteiger partial charge in [-0.25, -0.2) is 9.67 Å². The molecule has 3 aromatic rings. The van der Waals surface area contributed by atoms with Crippen molar-refractivity contribution in [1.82, 2.24) is 25.0 Å². The lowest BCUT2D eigenvalue weighted by Crippen LogP contribution is -2.26. The van der Waals surface area contributed by atoms with Gasteiger partial charge in [0.05, 0.1) is 23.9 Å². The van der Waals surface area contributed by atoms with Crippen molar-refractivity contribution in [3.63, 3.8) is 0 Å². The van der Waals surface area contributed by atoms with Crippen LogP contribution in [0.25, 0.3) is 11.0 Å². The summed E-state index contributed by atoms with van der Waals surface area (Å²) in [6.45, 7) is 11.6. The topological polar surface area (TPSA) is 124 Å². The summed E-state index contributed by atoms with van der Waals surface area (Å²) in [6, 6.07) is 7.41. The molecule has 0 bridgehead atoms. The van der Waals surface area contributed by atoms with Crippen molar-refractivity contribution < 1.29 is 14.7 Å². The Balaban J connectivity index is 1.58. The number of amides is 2. The molecule has 10 nitrogen and oxygen atoms in total. The van der Waals surface area contributed by atoms with E-state index in [2.05, 4.69) is 53.6 Å². The summed E-state index contributed by atoms with van der Waals surface area (Å²) >= 11 is 0. The number of aliphatic hydroxyl groups is 1. The second-order valence-corrected chi connectivity index (χ2v) is 12.2. The summed E-state index contributed by atoms with van der Waals surface area (Å²) in [4.78, 5) is 32.8. The minimum atomic E-state index is -0.170. The Bertz CT molecular complexity index is 1350. The maximum atomic E-state index is 13.3. The number of unbranched alkanes of at least 4 members (excludes halogenated alkanes) is 4. The predicted molar refractivity (Wildman–Crippen MR) is 188 cm³/mol. The Morgan fingerprint density at radius 3 is 2.30 bits per heavy atom. The summed E-state index contributed by atoms with van der Waals surface area (Å²) in [6.07, 6.45) is 12.7. The molecule has 2 heterocycles. The summed E-state index contributed by atoms with van der Waals surface area (Å²) < 4.78 is 1.93. The first-order valence-electron chi connectivity index (χ1n) is 17.5. The molecule has 0 fully saturated rings. The van der Waals surface area contributed by atoms with E-state index in [1.54, 1.807) is 24.3 Å². The lowest BCUT2D eigenvalue weighted by atomic mass is 10.0. The molecule has 0 unspecified atom stereocenters. The molecule has 1 aromatic carbocycles. The molecule has 0 aliphatic rings. The van der Waals surface area contributed by atoms with Gasteiger partial charge in [0.15, 0.2) is 5.65 Å². The molecule has 10 heteroatoms. The van der Waals surface area contributed by atoms with Crippen LogP contribution < -0.4 is 16.0 Å². The quantitative estimate of drug-likeness (QED) is 0.0926. The second kappa shape index (κ2) is 19.9. The molecular formula is C36H57N7O3. The third kappa shape index (κ3) is 11.1. The van der Waals surface area contributed by atoms with Gasteiger partial charge in [-0.05, 0) is 76.9 Å². The molecule has 0 spiro atoms. The number of rotatable bonds is 22. The van der Waals surface area contributed by atoms with Crippen molar-refractivity contribution >= 4 is 34.2 Å². The van der Waals surface area contributed by atoms with Crippen molar-refractivity contribution in [1.29, 1.82) is 0 Å². The van der Waals surface area contributed by atoms with Gasteiger partial charge < -0.3 is 26.0 Å². The van der Waals surface area contributed by atoms with Crippen molar-refractivity contribution in [2.45, 2.75) is 117 Å². The fourth-order valence-electron chi connectivity index (χ4n) is 5.92. The summed E-state index contributed by atoms with van der Waals surface area (Å²) in [5.41, 5.74) is 5.10. The third-order valence-corrected chi connectivity index (χ3v) is 8.51. The fraction of sp³-hybridized carbons (Fsp3) is 0.611. The van der Waals surface area contributed by atoms with E-state index in [4.69, 9.17) is 10.1 Å². The average Bonchev–Trinajstić information content (AvgIpc) is 3.47. The van der Waals surface area contributed by atoms with E-state index in [1.807, 2.05) is 17.9 Å². The minimum absolute atomic E-state index is 0.00857. The first-order chi connectivity index (χ1) is 22.3. The fourth-order valence-corrected chi connectivity index (χ4v) is 5.92. The van der Waals surface area contributed by atoms with Gasteiger partial charge in [0, 0.05) is 54.6 Å². The third-order valence-electron chi connectivity index (χ3n) is 8.51. The van der Waals surface area contributed by atoms with E-state index in [1.165, 1.54) is 0 Å². The highest BCUT2D eigenvalue weighted by molar-refractivity contribution is 5.96. The summed E-state index contributed by atoms with van der Waals surface area (Å²) in [5.74, 6) is -0.179. The van der Waals surface area contributed by atoms with Crippen molar-refractivity contribution in [2.75, 3.05) is 37.4 Å². The zero-order chi connectivity index (χ0) is 33.3. The molecule has 46 heavy (non-hydrogen) atoms. The zero-order valence-corrected chi connectivity index (χ0v) is 28.8. The molecule has 0 radical (unpaired) electrons. The number of carbonyl (C=O) groups is 2. The van der Waals surface area contributed by atoms with Crippen LogP contribution in [0.4, 0.5) is 11.4 Å². The van der Waals surface area contributed by atoms with E-state index in [9.17, 15) is 9.59 Å². The summed E-state index contributed by atoms with van der Waals surface area (Å²) in [5, 5.41) is 24.5. The normalized spacial score (nSPS) is 11.5. The lowest BCUT2D eigenvalue weighted by molar-refractivity contribution is -0.116. The van der Waals surface area contributed by atoms with Gasteiger partial charge in [-0.3, -0.25) is 9.59 Å². The van der Waals surface area contributed by atoms with Crippen LogP contribution in [0.3, 0.4) is 0 Å². The van der Waals surface area contributed by atoms with Crippen LogP contribution in [0.2, 0.25) is 0 Å². The van der Waals surface area contributed by atoms with Crippen molar-refractivity contribution in [3.05, 3.63) is 47.3 Å². The van der Waals surface area contributed by atoms with Crippen molar-refractivity contribution in [3.8, 4) is 0 Å². The lowest BCUT2D eigenvalue weighted by Gasteiger charge is -2.23. The van der Waals surface area contributed by atoms with Crippen LogP contribution in [0.15, 0.2) is 30.5 Å². The predicted octanol–water partition coefficient (Wildman–Crippen LogP) is 6.53. The molecule has 2 amide bonds. The van der Waals surface area contributed by atoms with Crippen LogP contribution in [0.5, 0.6) is 0 Å². The van der Waals surface area contributed by atoms with Gasteiger partial charge in [-0.2, -0.15) is 5.10 Å². The van der Waals surface area contributed by atoms with Crippen LogP contribution in [0.1, 0.15) is 114 Å². The molecule has 0 saturated heterocycles. The zero-order valence-electron chi connectivity index (χ0n) is 28.8. The van der Waals surface area contributed by atoms with E-state index in [0.717, 1.165) is 105 Å². The van der Waals surface area contributed by atoms with E-state index in [-0.39, 0.29) is 18.4 Å². The first kappa shape index (κ1) is 37.0. The highest BCUT2D eigenvalue weighted by Gasteiger charge is 2.20. The number of hydrogen-bond acceptors (Lipinski definition) is 7. The smallest absolute Gasteiger partial charge is 0.251 e. The monoisotopic (exact) mass is 635 g/mol. The molecule has 2 aromatic heterocycles. The number of nitrogens with zero attached hydrogens (tertiary/aromatic N) is 4. The largest absolute Gasteiger partial charge is 0.395 e. The van der Waals surface area contributed by atoms with E-state index >= 15 is 0 Å². The number of anilines is 2. The van der Waals surface area contributed by atoms with Gasteiger partial charge >= 0.3 is 0 Å². The van der Waals surface area contributed by atoms with Gasteiger partial charge in [0.2, 0.25) is 5.91 Å². The van der Waals surface area contributed by atoms with Crippen molar-refractivity contribution in [2.24, 2.45) is 0 Å². The molecule has 0 atom stereocenters. The molecule has 4 N–H and O–H groups in total. The number of aryl methyl sites for hydroxylation is 2. The number of likely N-dealkylation sites (N-methyl/N-ethyl adjacent to an activating group) is 1. The molecule has 254 valence electrons. The highest BCUT2D eigenvalue weighted by Crippen LogP contribution is 2.31. The van der Waals surface area contributed by atoms with E-state index in [0.29, 0.717) is 36.8 Å². The van der Waals surface area contributed by atoms with Gasteiger partial charge in [0.25, 0.3) is 5.91 Å². The Hall–Kier alpha value is -3.50. The first-order valence-corrected chi connectivity index (χ1v) is 17.5. The Morgan fingerprint density at radius 2 is 1.65 bits per heavy atom. The van der Waals surface area contributed by atoms with Gasteiger partial charge in [-0.1, -0.05) is 52.9 Å². The summed E-state index contributed by atoms with van der Waals surface area (Å²) in [7, 11) is 2.02.